The molecule has 0 unspecified atom stereocenters. The second kappa shape index (κ2) is 7.68. The minimum absolute atomic E-state index is 0.590. The SMILES string of the molecule is Cc1c(Cn2cccn2)c(C)c(Oc2ccccn2)c(C)c1Cn1cccn1. The maximum Gasteiger partial charge on any atom is 0.219 e. The molecule has 6 nitrogen and oxygen atoms in total. The summed E-state index contributed by atoms with van der Waals surface area (Å²) in [5.41, 5.74) is 5.89. The number of hydrogen-bond donors (Lipinski definition) is 0. The fourth-order valence-electron chi connectivity index (χ4n) is 3.55. The predicted octanol–water partition coefficient (Wildman–Crippen LogP) is 4.29. The highest BCUT2D eigenvalue weighted by molar-refractivity contribution is 5.55. The Hall–Kier alpha value is -3.41. The van der Waals surface area contributed by atoms with E-state index < -0.39 is 0 Å². The van der Waals surface area contributed by atoms with Gasteiger partial charge in [-0.2, -0.15) is 10.2 Å². The molecule has 0 aliphatic carbocycles. The van der Waals surface area contributed by atoms with Crippen LogP contribution in [-0.4, -0.2) is 24.5 Å². The van der Waals surface area contributed by atoms with E-state index in [1.165, 1.54) is 16.7 Å². The van der Waals surface area contributed by atoms with Gasteiger partial charge in [-0.1, -0.05) is 6.07 Å². The Balaban J connectivity index is 1.83. The van der Waals surface area contributed by atoms with Gasteiger partial charge in [-0.25, -0.2) is 4.98 Å². The summed E-state index contributed by atoms with van der Waals surface area (Å²) in [6, 6.07) is 9.56. The van der Waals surface area contributed by atoms with Crippen LogP contribution in [0.25, 0.3) is 0 Å². The third kappa shape index (κ3) is 3.53. The average Bonchev–Trinajstić information content (AvgIpc) is 3.41. The molecule has 0 saturated carbocycles. The van der Waals surface area contributed by atoms with Crippen LogP contribution in [-0.2, 0) is 13.1 Å². The molecule has 0 radical (unpaired) electrons. The van der Waals surface area contributed by atoms with Gasteiger partial charge < -0.3 is 4.74 Å². The molecule has 0 amide bonds. The molecule has 4 rings (SSSR count). The van der Waals surface area contributed by atoms with Crippen molar-refractivity contribution in [3.8, 4) is 11.6 Å². The second-order valence-electron chi connectivity index (χ2n) is 6.84. The topological polar surface area (TPSA) is 57.8 Å². The number of hydrogen-bond acceptors (Lipinski definition) is 4. The number of aromatic nitrogens is 5. The summed E-state index contributed by atoms with van der Waals surface area (Å²) in [6.45, 7) is 7.76. The van der Waals surface area contributed by atoms with E-state index in [4.69, 9.17) is 4.74 Å². The normalized spacial score (nSPS) is 11.0. The van der Waals surface area contributed by atoms with Crippen molar-refractivity contribution >= 4 is 0 Å². The second-order valence-corrected chi connectivity index (χ2v) is 6.84. The van der Waals surface area contributed by atoms with Crippen molar-refractivity contribution in [3.63, 3.8) is 0 Å². The van der Waals surface area contributed by atoms with Crippen LogP contribution in [0.1, 0.15) is 27.8 Å². The molecule has 0 aliphatic heterocycles. The zero-order valence-corrected chi connectivity index (χ0v) is 16.3. The van der Waals surface area contributed by atoms with Crippen LogP contribution in [0.3, 0.4) is 0 Å². The Kier molecular flexibility index (Phi) is 4.93. The summed E-state index contributed by atoms with van der Waals surface area (Å²) in [5.74, 6) is 1.45. The number of pyridine rings is 1. The monoisotopic (exact) mass is 373 g/mol. The Morgan fingerprint density at radius 1 is 0.750 bits per heavy atom. The van der Waals surface area contributed by atoms with Gasteiger partial charge in [0.1, 0.15) is 5.75 Å². The minimum Gasteiger partial charge on any atom is -0.438 e. The van der Waals surface area contributed by atoms with E-state index in [0.717, 1.165) is 16.9 Å². The molecule has 4 aromatic rings. The van der Waals surface area contributed by atoms with Gasteiger partial charge in [0.15, 0.2) is 0 Å². The summed E-state index contributed by atoms with van der Waals surface area (Å²) >= 11 is 0. The highest BCUT2D eigenvalue weighted by Gasteiger charge is 2.20. The van der Waals surface area contributed by atoms with Crippen molar-refractivity contribution in [3.05, 3.63) is 89.1 Å². The Morgan fingerprint density at radius 3 is 1.82 bits per heavy atom. The molecular weight excluding hydrogens is 350 g/mol. The maximum absolute atomic E-state index is 6.24. The molecule has 0 spiro atoms. The lowest BCUT2D eigenvalue weighted by Gasteiger charge is -2.22. The third-order valence-corrected chi connectivity index (χ3v) is 5.09. The maximum atomic E-state index is 6.24. The largest absolute Gasteiger partial charge is 0.438 e. The molecule has 142 valence electrons. The van der Waals surface area contributed by atoms with E-state index in [2.05, 4.69) is 36.0 Å². The van der Waals surface area contributed by atoms with Gasteiger partial charge in [0.25, 0.3) is 0 Å². The number of ether oxygens (including phenoxy) is 1. The third-order valence-electron chi connectivity index (χ3n) is 5.09. The van der Waals surface area contributed by atoms with Gasteiger partial charge in [-0.05, 0) is 66.8 Å². The molecule has 0 atom stereocenters. The van der Waals surface area contributed by atoms with E-state index in [9.17, 15) is 0 Å². The zero-order chi connectivity index (χ0) is 19.5. The van der Waals surface area contributed by atoms with Crippen molar-refractivity contribution in [2.75, 3.05) is 0 Å². The molecule has 0 N–H and O–H groups in total. The highest BCUT2D eigenvalue weighted by atomic mass is 16.5. The lowest BCUT2D eigenvalue weighted by atomic mass is 9.92. The first kappa shape index (κ1) is 18.0. The molecule has 0 bridgehead atoms. The van der Waals surface area contributed by atoms with Crippen LogP contribution in [0, 0.1) is 20.8 Å². The van der Waals surface area contributed by atoms with Crippen molar-refractivity contribution < 1.29 is 4.74 Å². The Labute approximate surface area is 164 Å². The van der Waals surface area contributed by atoms with Crippen molar-refractivity contribution in [1.29, 1.82) is 0 Å². The molecule has 3 heterocycles. The summed E-state index contributed by atoms with van der Waals surface area (Å²) in [7, 11) is 0. The number of rotatable bonds is 6. The van der Waals surface area contributed by atoms with Crippen LogP contribution >= 0.6 is 0 Å². The van der Waals surface area contributed by atoms with Gasteiger partial charge >= 0.3 is 0 Å². The molecule has 0 saturated heterocycles. The fraction of sp³-hybridized carbons (Fsp3) is 0.227. The van der Waals surface area contributed by atoms with Gasteiger partial charge in [0.05, 0.1) is 13.1 Å². The van der Waals surface area contributed by atoms with Crippen molar-refractivity contribution in [2.24, 2.45) is 0 Å². The van der Waals surface area contributed by atoms with Gasteiger partial charge in [-0.3, -0.25) is 9.36 Å². The lowest BCUT2D eigenvalue weighted by molar-refractivity contribution is 0.452. The van der Waals surface area contributed by atoms with Crippen molar-refractivity contribution in [2.45, 2.75) is 33.9 Å². The zero-order valence-electron chi connectivity index (χ0n) is 16.3. The quantitative estimate of drug-likeness (QED) is 0.506. The molecule has 6 heteroatoms. The predicted molar refractivity (Wildman–Crippen MR) is 108 cm³/mol. The smallest absolute Gasteiger partial charge is 0.219 e. The van der Waals surface area contributed by atoms with Crippen molar-refractivity contribution in [1.82, 2.24) is 24.5 Å². The standard InChI is InChI=1S/C22H23N5O/c1-16-19(14-26-12-6-10-24-26)17(2)22(28-21-8-4-5-9-23-21)18(3)20(16)15-27-13-7-11-25-27/h4-13H,14-15H2,1-3H3. The molecular formula is C22H23N5O. The van der Waals surface area contributed by atoms with Crippen LogP contribution in [0.15, 0.2) is 61.3 Å². The van der Waals surface area contributed by atoms with E-state index >= 15 is 0 Å². The summed E-state index contributed by atoms with van der Waals surface area (Å²) in [6.07, 6.45) is 9.30. The summed E-state index contributed by atoms with van der Waals surface area (Å²) < 4.78 is 10.1. The molecule has 0 aliphatic rings. The summed E-state index contributed by atoms with van der Waals surface area (Å²) in [5, 5.41) is 8.76. The van der Waals surface area contributed by atoms with Crippen LogP contribution < -0.4 is 4.74 Å². The van der Waals surface area contributed by atoms with Gasteiger partial charge in [-0.15, -0.1) is 0 Å². The van der Waals surface area contributed by atoms with E-state index in [1.807, 2.05) is 52.1 Å². The van der Waals surface area contributed by atoms with Crippen LogP contribution in [0.5, 0.6) is 11.6 Å². The first-order valence-electron chi connectivity index (χ1n) is 9.28. The van der Waals surface area contributed by atoms with Crippen LogP contribution in [0.2, 0.25) is 0 Å². The first-order chi connectivity index (χ1) is 13.6. The van der Waals surface area contributed by atoms with E-state index in [0.29, 0.717) is 19.0 Å². The van der Waals surface area contributed by atoms with Gasteiger partial charge in [0, 0.05) is 37.1 Å². The molecule has 28 heavy (non-hydrogen) atoms. The summed E-state index contributed by atoms with van der Waals surface area (Å²) in [4.78, 5) is 4.33. The number of benzene rings is 1. The highest BCUT2D eigenvalue weighted by Crippen LogP contribution is 2.36. The Morgan fingerprint density at radius 2 is 1.36 bits per heavy atom. The Bertz CT molecular complexity index is 991. The molecule has 1 aromatic carbocycles. The number of nitrogens with zero attached hydrogens (tertiary/aromatic N) is 5. The van der Waals surface area contributed by atoms with Gasteiger partial charge in [0.2, 0.25) is 5.88 Å². The molecule has 0 fully saturated rings. The minimum atomic E-state index is 0.590. The molecule has 3 aromatic heterocycles. The lowest BCUT2D eigenvalue weighted by Crippen LogP contribution is -2.12. The van der Waals surface area contributed by atoms with E-state index in [1.54, 1.807) is 18.6 Å². The average molecular weight is 373 g/mol. The van der Waals surface area contributed by atoms with E-state index in [-0.39, 0.29) is 0 Å². The fourth-order valence-corrected chi connectivity index (χ4v) is 3.55. The first-order valence-corrected chi connectivity index (χ1v) is 9.28. The van der Waals surface area contributed by atoms with Crippen LogP contribution in [0.4, 0.5) is 0 Å².